The Morgan fingerprint density at radius 1 is 1.21 bits per heavy atom. The number of alkyl halides is 2. The van der Waals surface area contributed by atoms with Crippen LogP contribution in [-0.4, -0.2) is 47.7 Å². The molecule has 0 aliphatic carbocycles. The summed E-state index contributed by atoms with van der Waals surface area (Å²) in [5.41, 5.74) is 4.75. The molecule has 0 fully saturated rings. The third kappa shape index (κ3) is 3.01. The zero-order chi connectivity index (χ0) is 14.8. The summed E-state index contributed by atoms with van der Waals surface area (Å²) in [6.45, 7) is 0. The molecule has 102 valence electrons. The van der Waals surface area contributed by atoms with Crippen LogP contribution in [-0.2, 0) is 4.79 Å². The topological polar surface area (TPSA) is 147 Å². The van der Waals surface area contributed by atoms with Crippen molar-refractivity contribution in [2.45, 2.75) is 4.46 Å². The van der Waals surface area contributed by atoms with Gasteiger partial charge in [0.2, 0.25) is 0 Å². The van der Waals surface area contributed by atoms with E-state index in [1.807, 2.05) is 0 Å². The van der Waals surface area contributed by atoms with Crippen molar-refractivity contribution in [3.05, 3.63) is 17.8 Å². The van der Waals surface area contributed by atoms with E-state index in [0.717, 1.165) is 6.07 Å². The number of imide groups is 1. The van der Waals surface area contributed by atoms with Gasteiger partial charge in [-0.05, 0) is 12.1 Å². The van der Waals surface area contributed by atoms with Gasteiger partial charge in [0.05, 0.1) is 0 Å². The molecular weight excluding hydrogens is 303 g/mol. The molecule has 0 radical (unpaired) electrons. The number of hydrogen-bond donors (Lipinski definition) is 3. The van der Waals surface area contributed by atoms with Crippen LogP contribution in [0.2, 0.25) is 0 Å². The lowest BCUT2D eigenvalue weighted by Crippen LogP contribution is -2.52. The molecule has 2 amide bonds. The Balaban J connectivity index is 3.21. The first kappa shape index (κ1) is 14.9. The monoisotopic (exact) mass is 308 g/mol. The average Bonchev–Trinajstić information content (AvgIpc) is 2.28. The van der Waals surface area contributed by atoms with E-state index in [9.17, 15) is 14.4 Å². The molecule has 9 nitrogen and oxygen atoms in total. The second kappa shape index (κ2) is 5.24. The van der Waals surface area contributed by atoms with Crippen LogP contribution >= 0.6 is 23.2 Å². The lowest BCUT2D eigenvalue weighted by molar-refractivity contribution is -0.140. The van der Waals surface area contributed by atoms with E-state index in [1.54, 1.807) is 0 Å². The number of halogens is 2. The fourth-order valence-corrected chi connectivity index (χ4v) is 1.30. The molecule has 0 aromatic carbocycles. The Kier molecular flexibility index (Phi) is 4.12. The van der Waals surface area contributed by atoms with Crippen molar-refractivity contribution in [1.82, 2.24) is 15.1 Å². The molecule has 0 saturated heterocycles. The normalized spacial score (nSPS) is 10.8. The highest BCUT2D eigenvalue weighted by molar-refractivity contribution is 6.58. The van der Waals surface area contributed by atoms with Crippen molar-refractivity contribution in [1.29, 1.82) is 0 Å². The van der Waals surface area contributed by atoms with Crippen molar-refractivity contribution in [3.8, 4) is 0 Å². The van der Waals surface area contributed by atoms with Gasteiger partial charge in [0, 0.05) is 0 Å². The van der Waals surface area contributed by atoms with Crippen LogP contribution in [0.4, 0.5) is 10.6 Å². The van der Waals surface area contributed by atoms with Gasteiger partial charge in [-0.2, -0.15) is 4.90 Å². The Morgan fingerprint density at radius 3 is 2.16 bits per heavy atom. The number of anilines is 1. The van der Waals surface area contributed by atoms with Gasteiger partial charge in [-0.3, -0.25) is 4.79 Å². The first-order valence-electron chi connectivity index (χ1n) is 4.45. The van der Waals surface area contributed by atoms with E-state index in [0.29, 0.717) is 0 Å². The van der Waals surface area contributed by atoms with Crippen LogP contribution in [0.15, 0.2) is 12.1 Å². The van der Waals surface area contributed by atoms with Gasteiger partial charge in [0.15, 0.2) is 5.69 Å². The summed E-state index contributed by atoms with van der Waals surface area (Å²) in [6.07, 6.45) is -1.96. The predicted molar refractivity (Wildman–Crippen MR) is 62.7 cm³/mol. The number of nitrogens with zero attached hydrogens (tertiary/aromatic N) is 3. The summed E-state index contributed by atoms with van der Waals surface area (Å²) in [4.78, 5) is 33.2. The maximum absolute atomic E-state index is 11.8. The molecule has 1 rings (SSSR count). The smallest absolute Gasteiger partial charge is 0.417 e. The summed E-state index contributed by atoms with van der Waals surface area (Å²) >= 11 is 10.7. The molecule has 1 heterocycles. The SMILES string of the molecule is Nc1ccc(C(=O)N(C(=O)O)C(Cl)(Cl)C(=O)O)nn1. The zero-order valence-electron chi connectivity index (χ0n) is 8.95. The number of carboxylic acid groups (broad SMARTS) is 2. The van der Waals surface area contributed by atoms with Crippen molar-refractivity contribution < 1.29 is 24.6 Å². The van der Waals surface area contributed by atoms with Gasteiger partial charge in [-0.15, -0.1) is 10.2 Å². The number of aliphatic carboxylic acids is 1. The molecule has 0 atom stereocenters. The van der Waals surface area contributed by atoms with Gasteiger partial charge in [0.1, 0.15) is 5.82 Å². The minimum atomic E-state index is -2.99. The number of carbonyl (C=O) groups is 3. The highest BCUT2D eigenvalue weighted by Gasteiger charge is 2.48. The Labute approximate surface area is 115 Å². The number of aromatic nitrogens is 2. The van der Waals surface area contributed by atoms with Crippen molar-refractivity contribution in [3.63, 3.8) is 0 Å². The Bertz CT molecular complexity index is 532. The number of carbonyl (C=O) groups excluding carboxylic acids is 1. The molecule has 0 saturated carbocycles. The van der Waals surface area contributed by atoms with E-state index in [4.69, 9.17) is 39.1 Å². The van der Waals surface area contributed by atoms with Gasteiger partial charge in [-0.25, -0.2) is 9.59 Å². The standard InChI is InChI=1S/C8H6Cl2N4O5/c9-8(10,6(16)17)14(7(18)19)5(15)3-1-2-4(11)13-12-3/h1-2H,(H2,11,13)(H,16,17)(H,18,19). The second-order valence-electron chi connectivity index (χ2n) is 3.11. The molecule has 19 heavy (non-hydrogen) atoms. The minimum Gasteiger partial charge on any atom is -0.478 e. The summed E-state index contributed by atoms with van der Waals surface area (Å²) in [5, 5.41) is 24.2. The van der Waals surface area contributed by atoms with Crippen LogP contribution in [0.25, 0.3) is 0 Å². The minimum absolute atomic E-state index is 0.0142. The Morgan fingerprint density at radius 2 is 1.79 bits per heavy atom. The summed E-state index contributed by atoms with van der Waals surface area (Å²) in [5.74, 6) is -3.30. The first-order valence-corrected chi connectivity index (χ1v) is 5.21. The third-order valence-electron chi connectivity index (χ3n) is 1.84. The summed E-state index contributed by atoms with van der Waals surface area (Å²) < 4.78 is -2.99. The van der Waals surface area contributed by atoms with Crippen molar-refractivity contribution >= 4 is 47.0 Å². The molecular formula is C8H6Cl2N4O5. The van der Waals surface area contributed by atoms with Crippen LogP contribution < -0.4 is 5.73 Å². The van der Waals surface area contributed by atoms with Crippen LogP contribution in [0.3, 0.4) is 0 Å². The molecule has 0 unspecified atom stereocenters. The number of amides is 2. The number of carboxylic acids is 1. The predicted octanol–water partition coefficient (Wildman–Crippen LogP) is 0.395. The fourth-order valence-electron chi connectivity index (χ4n) is 1.00. The quantitative estimate of drug-likeness (QED) is 0.536. The molecule has 0 aliphatic heterocycles. The molecule has 0 aliphatic rings. The molecule has 4 N–H and O–H groups in total. The molecule has 1 aromatic rings. The highest BCUT2D eigenvalue weighted by atomic mass is 35.5. The van der Waals surface area contributed by atoms with Crippen LogP contribution in [0, 0.1) is 0 Å². The molecule has 0 bridgehead atoms. The Hall–Kier alpha value is -2.13. The van der Waals surface area contributed by atoms with Crippen molar-refractivity contribution in [2.24, 2.45) is 0 Å². The molecule has 1 aromatic heterocycles. The fraction of sp³-hybridized carbons (Fsp3) is 0.125. The van der Waals surface area contributed by atoms with E-state index >= 15 is 0 Å². The van der Waals surface area contributed by atoms with E-state index in [-0.39, 0.29) is 10.7 Å². The molecule has 11 heteroatoms. The lowest BCUT2D eigenvalue weighted by Gasteiger charge is -2.25. The van der Waals surface area contributed by atoms with Gasteiger partial charge in [-0.1, -0.05) is 23.2 Å². The third-order valence-corrected chi connectivity index (χ3v) is 2.50. The van der Waals surface area contributed by atoms with E-state index < -0.39 is 28.1 Å². The van der Waals surface area contributed by atoms with Crippen LogP contribution in [0.1, 0.15) is 10.5 Å². The number of nitrogen functional groups attached to an aromatic ring is 1. The first-order chi connectivity index (χ1) is 8.67. The van der Waals surface area contributed by atoms with Gasteiger partial charge in [0.25, 0.3) is 5.91 Å². The largest absolute Gasteiger partial charge is 0.478 e. The van der Waals surface area contributed by atoms with E-state index in [2.05, 4.69) is 10.2 Å². The van der Waals surface area contributed by atoms with Crippen LogP contribution in [0.5, 0.6) is 0 Å². The maximum atomic E-state index is 11.8. The lowest BCUT2D eigenvalue weighted by atomic mass is 10.3. The molecule has 0 spiro atoms. The zero-order valence-corrected chi connectivity index (χ0v) is 10.5. The summed E-state index contributed by atoms with van der Waals surface area (Å²) in [6, 6.07) is 2.22. The average molecular weight is 309 g/mol. The van der Waals surface area contributed by atoms with Gasteiger partial charge < -0.3 is 15.9 Å². The number of nitrogens with two attached hydrogens (primary N) is 1. The maximum Gasteiger partial charge on any atom is 0.417 e. The van der Waals surface area contributed by atoms with E-state index in [1.165, 1.54) is 6.07 Å². The highest BCUT2D eigenvalue weighted by Crippen LogP contribution is 2.28. The van der Waals surface area contributed by atoms with Gasteiger partial charge >= 0.3 is 16.5 Å². The van der Waals surface area contributed by atoms with Crippen molar-refractivity contribution in [2.75, 3.05) is 5.73 Å². The second-order valence-corrected chi connectivity index (χ2v) is 4.40. The number of rotatable bonds is 3. The number of hydrogen-bond acceptors (Lipinski definition) is 6. The summed E-state index contributed by atoms with van der Waals surface area (Å²) in [7, 11) is 0.